The molecule has 0 saturated carbocycles. The lowest BCUT2D eigenvalue weighted by Crippen LogP contribution is -2.23. The van der Waals surface area contributed by atoms with Gasteiger partial charge >= 0.3 is 0 Å². The van der Waals surface area contributed by atoms with Gasteiger partial charge in [0.15, 0.2) is 0 Å². The van der Waals surface area contributed by atoms with E-state index in [0.717, 1.165) is 14.7 Å². The molecule has 0 fully saturated rings. The van der Waals surface area contributed by atoms with Crippen molar-refractivity contribution in [2.24, 2.45) is 0 Å². The fraction of sp³-hybridized carbons (Fsp3) is 0.250. The number of benzene rings is 1. The van der Waals surface area contributed by atoms with E-state index in [1.54, 1.807) is 6.07 Å². The van der Waals surface area contributed by atoms with Crippen molar-refractivity contribution in [3.05, 3.63) is 43.3 Å². The summed E-state index contributed by atoms with van der Waals surface area (Å²) in [6.07, 6.45) is 0. The lowest BCUT2D eigenvalue weighted by molar-refractivity contribution is 0.102. The number of sulfonamides is 1. The fourth-order valence-corrected chi connectivity index (χ4v) is 4.58. The van der Waals surface area contributed by atoms with Crippen molar-refractivity contribution in [2.45, 2.75) is 18.7 Å². The van der Waals surface area contributed by atoms with E-state index in [2.05, 4.69) is 11.4 Å². The monoisotopic (exact) mass is 489 g/mol. The topological polar surface area (TPSA) is 90.3 Å². The highest BCUT2D eigenvalue weighted by molar-refractivity contribution is 14.1. The van der Waals surface area contributed by atoms with Crippen molar-refractivity contribution < 1.29 is 13.2 Å². The largest absolute Gasteiger partial charge is 0.312 e. The van der Waals surface area contributed by atoms with Crippen molar-refractivity contribution in [1.82, 2.24) is 4.31 Å². The number of anilines is 1. The van der Waals surface area contributed by atoms with Gasteiger partial charge in [-0.2, -0.15) is 5.26 Å². The second-order valence-electron chi connectivity index (χ2n) is 5.48. The van der Waals surface area contributed by atoms with Crippen LogP contribution in [0.15, 0.2) is 23.1 Å². The summed E-state index contributed by atoms with van der Waals surface area (Å²) in [7, 11) is -0.770. The molecule has 0 aliphatic rings. The number of carbonyl (C=O) groups is 1. The van der Waals surface area contributed by atoms with Crippen molar-refractivity contribution in [3.63, 3.8) is 0 Å². The number of nitrogens with one attached hydrogen (secondary N) is 1. The summed E-state index contributed by atoms with van der Waals surface area (Å²) in [5.41, 5.74) is 1.51. The van der Waals surface area contributed by atoms with E-state index in [9.17, 15) is 18.5 Å². The molecule has 0 spiro atoms. The molecule has 0 unspecified atom stereocenters. The number of hydrogen-bond acceptors (Lipinski definition) is 5. The molecular formula is C16H16IN3O3S2. The van der Waals surface area contributed by atoms with Crippen LogP contribution in [0.25, 0.3) is 0 Å². The number of hydrogen-bond donors (Lipinski definition) is 1. The van der Waals surface area contributed by atoms with Gasteiger partial charge in [0.05, 0.1) is 16.0 Å². The molecule has 1 amide bonds. The van der Waals surface area contributed by atoms with Gasteiger partial charge in [0, 0.05) is 22.5 Å². The highest BCUT2D eigenvalue weighted by Gasteiger charge is 2.22. The normalized spacial score (nSPS) is 11.4. The average molecular weight is 489 g/mol. The molecule has 0 bridgehead atoms. The molecule has 1 heterocycles. The van der Waals surface area contributed by atoms with Crippen LogP contribution in [0.4, 0.5) is 5.00 Å². The Hall–Kier alpha value is -1.48. The summed E-state index contributed by atoms with van der Waals surface area (Å²) in [4.78, 5) is 13.6. The number of halogens is 1. The molecule has 132 valence electrons. The molecule has 1 N–H and O–H groups in total. The van der Waals surface area contributed by atoms with Crippen LogP contribution in [0.3, 0.4) is 0 Å². The first-order chi connectivity index (χ1) is 11.6. The van der Waals surface area contributed by atoms with Crippen LogP contribution in [0, 0.1) is 28.7 Å². The third-order valence-electron chi connectivity index (χ3n) is 3.69. The second kappa shape index (κ2) is 7.41. The Kier molecular flexibility index (Phi) is 5.88. The Morgan fingerprint density at radius 3 is 2.52 bits per heavy atom. The molecule has 2 aromatic rings. The molecule has 1 aromatic carbocycles. The first-order valence-corrected chi connectivity index (χ1v) is 10.5. The number of aryl methyl sites for hydroxylation is 1. The van der Waals surface area contributed by atoms with Crippen LogP contribution >= 0.6 is 33.9 Å². The van der Waals surface area contributed by atoms with Gasteiger partial charge in [-0.3, -0.25) is 4.79 Å². The van der Waals surface area contributed by atoms with Gasteiger partial charge in [0.25, 0.3) is 5.91 Å². The van der Waals surface area contributed by atoms with Gasteiger partial charge < -0.3 is 5.32 Å². The molecule has 0 aliphatic carbocycles. The molecule has 1 aromatic heterocycles. The van der Waals surface area contributed by atoms with Crippen LogP contribution in [0.2, 0.25) is 0 Å². The molecular weight excluding hydrogens is 473 g/mol. The lowest BCUT2D eigenvalue weighted by Gasteiger charge is -2.13. The molecule has 0 atom stereocenters. The standard InChI is InChI=1S/C16H16IN3O3S2/c1-9-10(2)24-16(13(9)8-18)19-15(21)12-7-11(5-6-14(12)17)25(22,23)20(3)4/h5-7H,1-4H3,(H,19,21). The number of nitriles is 1. The Morgan fingerprint density at radius 1 is 1.32 bits per heavy atom. The van der Waals surface area contributed by atoms with Crippen molar-refractivity contribution in [2.75, 3.05) is 19.4 Å². The van der Waals surface area contributed by atoms with Gasteiger partial charge in [-0.25, -0.2) is 12.7 Å². The van der Waals surface area contributed by atoms with Crippen molar-refractivity contribution in [1.29, 1.82) is 5.26 Å². The zero-order chi connectivity index (χ0) is 18.9. The number of rotatable bonds is 4. The highest BCUT2D eigenvalue weighted by Crippen LogP contribution is 2.32. The molecule has 0 aliphatic heterocycles. The third kappa shape index (κ3) is 3.87. The van der Waals surface area contributed by atoms with Gasteiger partial charge in [-0.05, 0) is 60.2 Å². The maximum atomic E-state index is 12.6. The SMILES string of the molecule is Cc1sc(NC(=O)c2cc(S(=O)(=O)N(C)C)ccc2I)c(C#N)c1C. The summed E-state index contributed by atoms with van der Waals surface area (Å²) >= 11 is 3.31. The molecule has 6 nitrogen and oxygen atoms in total. The Morgan fingerprint density at radius 2 is 1.96 bits per heavy atom. The van der Waals surface area contributed by atoms with Crippen LogP contribution in [0.1, 0.15) is 26.4 Å². The minimum Gasteiger partial charge on any atom is -0.312 e. The maximum Gasteiger partial charge on any atom is 0.257 e. The van der Waals surface area contributed by atoms with Crippen molar-refractivity contribution in [3.8, 4) is 6.07 Å². The second-order valence-corrected chi connectivity index (χ2v) is 10.0. The van der Waals surface area contributed by atoms with Gasteiger partial charge in [0.2, 0.25) is 10.0 Å². The van der Waals surface area contributed by atoms with E-state index >= 15 is 0 Å². The number of nitrogens with zero attached hydrogens (tertiary/aromatic N) is 2. The Labute approximate surface area is 164 Å². The summed E-state index contributed by atoms with van der Waals surface area (Å²) < 4.78 is 26.3. The summed E-state index contributed by atoms with van der Waals surface area (Å²) in [5.74, 6) is -0.446. The predicted octanol–water partition coefficient (Wildman–Crippen LogP) is 3.34. The predicted molar refractivity (Wildman–Crippen MR) is 106 cm³/mol. The van der Waals surface area contributed by atoms with Crippen LogP contribution in [-0.2, 0) is 10.0 Å². The molecule has 2 rings (SSSR count). The van der Waals surface area contributed by atoms with Gasteiger partial charge in [-0.15, -0.1) is 11.3 Å². The van der Waals surface area contributed by atoms with Crippen LogP contribution in [-0.4, -0.2) is 32.7 Å². The minimum atomic E-state index is -3.64. The third-order valence-corrected chi connectivity index (χ3v) is 7.56. The van der Waals surface area contributed by atoms with Crippen LogP contribution in [0.5, 0.6) is 0 Å². The van der Waals surface area contributed by atoms with Crippen LogP contribution < -0.4 is 5.32 Å². The number of carbonyl (C=O) groups excluding carboxylic acids is 1. The maximum absolute atomic E-state index is 12.6. The first kappa shape index (κ1) is 19.8. The minimum absolute atomic E-state index is 0.0436. The van der Waals surface area contributed by atoms with Gasteiger partial charge in [0.1, 0.15) is 11.1 Å². The number of thiophene rings is 1. The van der Waals surface area contributed by atoms with E-state index in [1.807, 2.05) is 36.4 Å². The number of amides is 1. The molecule has 25 heavy (non-hydrogen) atoms. The van der Waals surface area contributed by atoms with Crippen molar-refractivity contribution >= 4 is 54.9 Å². The summed E-state index contributed by atoms with van der Waals surface area (Å²) in [6.45, 7) is 3.71. The molecule has 9 heteroatoms. The van der Waals surface area contributed by atoms with E-state index < -0.39 is 15.9 Å². The Bertz CT molecular complexity index is 989. The van der Waals surface area contributed by atoms with E-state index in [1.165, 1.54) is 37.6 Å². The van der Waals surface area contributed by atoms with E-state index in [4.69, 9.17) is 0 Å². The molecule has 0 saturated heterocycles. The smallest absolute Gasteiger partial charge is 0.257 e. The zero-order valence-electron chi connectivity index (χ0n) is 14.0. The van der Waals surface area contributed by atoms with Gasteiger partial charge in [-0.1, -0.05) is 0 Å². The fourth-order valence-electron chi connectivity index (χ4n) is 2.07. The average Bonchev–Trinajstić information content (AvgIpc) is 2.80. The highest BCUT2D eigenvalue weighted by atomic mass is 127. The quantitative estimate of drug-likeness (QED) is 0.668. The molecule has 0 radical (unpaired) electrons. The van der Waals surface area contributed by atoms with E-state index in [-0.39, 0.29) is 10.5 Å². The summed E-state index contributed by atoms with van der Waals surface area (Å²) in [6, 6.07) is 6.50. The summed E-state index contributed by atoms with van der Waals surface area (Å²) in [5, 5.41) is 12.5. The van der Waals surface area contributed by atoms with E-state index in [0.29, 0.717) is 14.1 Å². The lowest BCUT2D eigenvalue weighted by atomic mass is 10.1. The first-order valence-electron chi connectivity index (χ1n) is 7.13. The zero-order valence-corrected chi connectivity index (χ0v) is 17.8. The Balaban J connectivity index is 2.44.